The van der Waals surface area contributed by atoms with Gasteiger partial charge >= 0.3 is 6.36 Å². The summed E-state index contributed by atoms with van der Waals surface area (Å²) in [5, 5.41) is 17.3. The van der Waals surface area contributed by atoms with E-state index in [1.54, 1.807) is 11.4 Å². The Kier molecular flexibility index (Phi) is 8.07. The number of anilines is 2. The van der Waals surface area contributed by atoms with Crippen LogP contribution in [0.15, 0.2) is 58.4 Å². The molecule has 1 atom stereocenters. The molecule has 0 saturated carbocycles. The summed E-state index contributed by atoms with van der Waals surface area (Å²) in [6, 6.07) is 13.2. The average Bonchev–Trinajstić information content (AvgIpc) is 3.60. The summed E-state index contributed by atoms with van der Waals surface area (Å²) < 4.78 is 46.9. The Labute approximate surface area is 225 Å². The van der Waals surface area contributed by atoms with E-state index < -0.39 is 6.36 Å². The van der Waals surface area contributed by atoms with E-state index in [0.717, 1.165) is 30.6 Å². The quantitative estimate of drug-likeness (QED) is 0.189. The maximum absolute atomic E-state index is 12.5. The van der Waals surface area contributed by atoms with Gasteiger partial charge in [0, 0.05) is 41.2 Å². The largest absolute Gasteiger partial charge is 0.573 e. The van der Waals surface area contributed by atoms with Crippen molar-refractivity contribution in [3.8, 4) is 28.4 Å². The highest BCUT2D eigenvalue weighted by Gasteiger charge is 2.31. The zero-order valence-corrected chi connectivity index (χ0v) is 21.4. The van der Waals surface area contributed by atoms with Crippen LogP contribution in [-0.4, -0.2) is 44.9 Å². The summed E-state index contributed by atoms with van der Waals surface area (Å²) in [6.07, 6.45) is -2.33. The fourth-order valence-electron chi connectivity index (χ4n) is 4.16. The number of nitrogens with zero attached hydrogens (tertiary/aromatic N) is 4. The van der Waals surface area contributed by atoms with Crippen molar-refractivity contribution >= 4 is 40.5 Å². The van der Waals surface area contributed by atoms with E-state index in [9.17, 15) is 13.2 Å². The SMILES string of the molecule is Cl.N=C(N)N1CCC[C@H]1Cc1nc(-c2ccc(Nc3nc(-c4cccc(OC(F)(F)F)c4)cs3)cc2)no1. The standard InChI is InChI=1S/C24H22F3N7O2S.ClH/c25-24(26,27)35-18-5-1-3-15(11-18)19-13-37-23(31-19)30-16-8-6-14(7-9-16)21-32-20(36-33-21)12-17-4-2-10-34(17)22(28)29;/h1,3,5-9,11,13,17H,2,4,10,12H2,(H3,28,29)(H,30,31);1H/t17-;/m0./s1. The molecule has 38 heavy (non-hydrogen) atoms. The maximum atomic E-state index is 12.5. The molecule has 0 spiro atoms. The number of alkyl halides is 3. The van der Waals surface area contributed by atoms with Gasteiger partial charge in [-0.05, 0) is 49.2 Å². The van der Waals surface area contributed by atoms with Crippen molar-refractivity contribution in [1.29, 1.82) is 5.41 Å². The number of aromatic nitrogens is 3. The number of ether oxygens (including phenoxy) is 1. The van der Waals surface area contributed by atoms with E-state index in [2.05, 4.69) is 25.2 Å². The summed E-state index contributed by atoms with van der Waals surface area (Å²) in [5.74, 6) is 0.718. The first-order chi connectivity index (χ1) is 17.7. The van der Waals surface area contributed by atoms with Gasteiger partial charge in [-0.3, -0.25) is 5.41 Å². The van der Waals surface area contributed by atoms with Gasteiger partial charge in [-0.15, -0.1) is 36.9 Å². The van der Waals surface area contributed by atoms with Gasteiger partial charge in [-0.1, -0.05) is 17.3 Å². The Bertz CT molecular complexity index is 1390. The molecular weight excluding hydrogens is 543 g/mol. The number of hydrogen-bond donors (Lipinski definition) is 3. The van der Waals surface area contributed by atoms with Crippen molar-refractivity contribution in [2.75, 3.05) is 11.9 Å². The second-order valence-electron chi connectivity index (χ2n) is 8.41. The molecule has 0 amide bonds. The predicted octanol–water partition coefficient (Wildman–Crippen LogP) is 5.82. The topological polar surface area (TPSA) is 126 Å². The molecule has 1 aliphatic rings. The Balaban J connectivity index is 0.00000336. The molecular formula is C24H23ClF3N7O2S. The normalized spacial score (nSPS) is 15.2. The van der Waals surface area contributed by atoms with Gasteiger partial charge in [0.1, 0.15) is 5.75 Å². The molecule has 4 N–H and O–H groups in total. The lowest BCUT2D eigenvalue weighted by molar-refractivity contribution is -0.274. The van der Waals surface area contributed by atoms with Gasteiger partial charge in [0.25, 0.3) is 0 Å². The third-order valence-electron chi connectivity index (χ3n) is 5.83. The maximum Gasteiger partial charge on any atom is 0.573 e. The van der Waals surface area contributed by atoms with Crippen LogP contribution in [0.3, 0.4) is 0 Å². The average molecular weight is 566 g/mol. The lowest BCUT2D eigenvalue weighted by atomic mass is 10.1. The Morgan fingerprint density at radius 2 is 1.97 bits per heavy atom. The van der Waals surface area contributed by atoms with Crippen LogP contribution < -0.4 is 15.8 Å². The second kappa shape index (κ2) is 11.3. The van der Waals surface area contributed by atoms with Crippen molar-refractivity contribution in [2.45, 2.75) is 31.7 Å². The van der Waals surface area contributed by atoms with Gasteiger partial charge in [-0.25, -0.2) is 4.98 Å². The molecule has 2 aromatic carbocycles. The molecule has 9 nitrogen and oxygen atoms in total. The van der Waals surface area contributed by atoms with E-state index in [1.165, 1.54) is 29.5 Å². The van der Waals surface area contributed by atoms with Crippen molar-refractivity contribution < 1.29 is 22.4 Å². The number of rotatable bonds is 7. The number of likely N-dealkylation sites (tertiary alicyclic amines) is 1. The van der Waals surface area contributed by atoms with Crippen LogP contribution >= 0.6 is 23.7 Å². The number of nitrogens with two attached hydrogens (primary N) is 1. The van der Waals surface area contributed by atoms with Gasteiger partial charge in [-0.2, -0.15) is 4.98 Å². The van der Waals surface area contributed by atoms with Crippen LogP contribution in [0.1, 0.15) is 18.7 Å². The highest BCUT2D eigenvalue weighted by molar-refractivity contribution is 7.14. The summed E-state index contributed by atoms with van der Waals surface area (Å²) >= 11 is 1.33. The summed E-state index contributed by atoms with van der Waals surface area (Å²) in [7, 11) is 0. The summed E-state index contributed by atoms with van der Waals surface area (Å²) in [4.78, 5) is 10.8. The van der Waals surface area contributed by atoms with Gasteiger partial charge in [0.15, 0.2) is 11.1 Å². The van der Waals surface area contributed by atoms with Crippen LogP contribution in [0.25, 0.3) is 22.6 Å². The van der Waals surface area contributed by atoms with Crippen LogP contribution in [0, 0.1) is 5.41 Å². The van der Waals surface area contributed by atoms with Gasteiger partial charge in [0.2, 0.25) is 11.7 Å². The molecule has 4 aromatic rings. The number of thiazole rings is 1. The second-order valence-corrected chi connectivity index (χ2v) is 9.26. The number of benzene rings is 2. The van der Waals surface area contributed by atoms with E-state index in [4.69, 9.17) is 15.7 Å². The highest BCUT2D eigenvalue weighted by atomic mass is 35.5. The number of nitrogens with one attached hydrogen (secondary N) is 2. The van der Waals surface area contributed by atoms with E-state index in [1.807, 2.05) is 29.2 Å². The minimum Gasteiger partial charge on any atom is -0.406 e. The third kappa shape index (κ3) is 6.53. The zero-order chi connectivity index (χ0) is 26.0. The molecule has 1 saturated heterocycles. The molecule has 0 bridgehead atoms. The summed E-state index contributed by atoms with van der Waals surface area (Å²) in [6.45, 7) is 0.759. The number of halogens is 4. The van der Waals surface area contributed by atoms with Crippen LogP contribution in [0.2, 0.25) is 0 Å². The van der Waals surface area contributed by atoms with Crippen LogP contribution in [0.4, 0.5) is 24.0 Å². The predicted molar refractivity (Wildman–Crippen MR) is 140 cm³/mol. The zero-order valence-electron chi connectivity index (χ0n) is 19.7. The van der Waals surface area contributed by atoms with E-state index in [0.29, 0.717) is 34.5 Å². The molecule has 5 rings (SSSR count). The molecule has 14 heteroatoms. The minimum absolute atomic E-state index is 0. The van der Waals surface area contributed by atoms with Crippen molar-refractivity contribution in [3.63, 3.8) is 0 Å². The molecule has 2 aromatic heterocycles. The third-order valence-corrected chi connectivity index (χ3v) is 6.58. The van der Waals surface area contributed by atoms with Gasteiger partial charge < -0.3 is 25.2 Å². The van der Waals surface area contributed by atoms with E-state index >= 15 is 0 Å². The molecule has 1 fully saturated rings. The number of hydrogen-bond acceptors (Lipinski definition) is 8. The molecule has 3 heterocycles. The molecule has 1 aliphatic heterocycles. The van der Waals surface area contributed by atoms with Crippen molar-refractivity contribution in [2.24, 2.45) is 5.73 Å². The monoisotopic (exact) mass is 565 g/mol. The Morgan fingerprint density at radius 1 is 1.18 bits per heavy atom. The fourth-order valence-corrected chi connectivity index (χ4v) is 4.90. The Hall–Kier alpha value is -3.84. The van der Waals surface area contributed by atoms with E-state index in [-0.39, 0.29) is 30.2 Å². The highest BCUT2D eigenvalue weighted by Crippen LogP contribution is 2.31. The lowest BCUT2D eigenvalue weighted by Crippen LogP contribution is -2.41. The molecule has 0 aliphatic carbocycles. The first-order valence-electron chi connectivity index (χ1n) is 11.4. The van der Waals surface area contributed by atoms with Crippen molar-refractivity contribution in [3.05, 3.63) is 59.8 Å². The lowest BCUT2D eigenvalue weighted by Gasteiger charge is -2.23. The fraction of sp³-hybridized carbons (Fsp3) is 0.250. The van der Waals surface area contributed by atoms with Crippen molar-refractivity contribution in [1.82, 2.24) is 20.0 Å². The first kappa shape index (κ1) is 27.2. The van der Waals surface area contributed by atoms with Gasteiger partial charge in [0.05, 0.1) is 5.69 Å². The van der Waals surface area contributed by atoms with Crippen LogP contribution in [-0.2, 0) is 6.42 Å². The first-order valence-corrected chi connectivity index (χ1v) is 12.2. The molecule has 0 unspecified atom stereocenters. The smallest absolute Gasteiger partial charge is 0.406 e. The summed E-state index contributed by atoms with van der Waals surface area (Å²) in [5.41, 5.74) is 8.24. The minimum atomic E-state index is -4.75. The Morgan fingerprint density at radius 3 is 2.71 bits per heavy atom. The van der Waals surface area contributed by atoms with Crippen LogP contribution in [0.5, 0.6) is 5.75 Å². The molecule has 200 valence electrons. The number of guanidine groups is 1. The molecule has 0 radical (unpaired) electrons.